The molecule has 0 aliphatic heterocycles. The number of nitrogens with zero attached hydrogens (tertiary/aromatic N) is 3. The molecule has 4 nitrogen and oxygen atoms in total. The van der Waals surface area contributed by atoms with Gasteiger partial charge in [0.25, 0.3) is 0 Å². The van der Waals surface area contributed by atoms with Crippen molar-refractivity contribution in [3.63, 3.8) is 0 Å². The number of hydrogen-bond acceptors (Lipinski definition) is 4. The maximum absolute atomic E-state index is 6.59. The van der Waals surface area contributed by atoms with Crippen molar-refractivity contribution in [3.8, 4) is 78.7 Å². The number of benzene rings is 9. The van der Waals surface area contributed by atoms with Crippen LogP contribution in [0.2, 0.25) is 0 Å². The summed E-state index contributed by atoms with van der Waals surface area (Å²) in [5, 5.41) is 1.99. The van der Waals surface area contributed by atoms with Gasteiger partial charge in [0.05, 0.1) is 5.41 Å². The summed E-state index contributed by atoms with van der Waals surface area (Å²) in [5.74, 6) is 1.82. The number of hydrogen-bond donors (Lipinski definition) is 0. The van der Waals surface area contributed by atoms with Gasteiger partial charge in [0.2, 0.25) is 0 Å². The molecule has 13 rings (SSSR count). The first kappa shape index (κ1) is 34.6. The van der Waals surface area contributed by atoms with Crippen LogP contribution in [-0.4, -0.2) is 15.0 Å². The molecule has 2 aromatic heterocycles. The summed E-state index contributed by atoms with van der Waals surface area (Å²) < 4.78 is 6.59. The number of rotatable bonds is 5. The Morgan fingerprint density at radius 1 is 0.290 bits per heavy atom. The van der Waals surface area contributed by atoms with E-state index < -0.39 is 5.41 Å². The molecule has 2 heterocycles. The Balaban J connectivity index is 0.979. The number of fused-ring (bicyclic) bond motifs is 13. The second-order valence-corrected chi connectivity index (χ2v) is 16.3. The summed E-state index contributed by atoms with van der Waals surface area (Å²) >= 11 is 0. The van der Waals surface area contributed by atoms with Gasteiger partial charge in [-0.05, 0) is 91.0 Å². The molecule has 2 aliphatic rings. The van der Waals surface area contributed by atoms with Crippen LogP contribution < -0.4 is 0 Å². The Morgan fingerprint density at radius 2 is 0.742 bits per heavy atom. The Hall–Kier alpha value is -8.21. The molecule has 0 unspecified atom stereocenters. The zero-order valence-electron chi connectivity index (χ0n) is 33.5. The van der Waals surface area contributed by atoms with Crippen molar-refractivity contribution in [2.24, 2.45) is 0 Å². The van der Waals surface area contributed by atoms with Crippen molar-refractivity contribution in [1.82, 2.24) is 15.0 Å². The van der Waals surface area contributed by atoms with Crippen molar-refractivity contribution >= 4 is 21.9 Å². The Labute approximate surface area is 358 Å². The third kappa shape index (κ3) is 5.04. The minimum Gasteiger partial charge on any atom is -0.456 e. The van der Waals surface area contributed by atoms with Gasteiger partial charge in [-0.25, -0.2) is 15.0 Å². The molecule has 0 radical (unpaired) electrons. The lowest BCUT2D eigenvalue weighted by Gasteiger charge is -2.30. The van der Waals surface area contributed by atoms with Gasteiger partial charge < -0.3 is 4.42 Å². The van der Waals surface area contributed by atoms with E-state index >= 15 is 0 Å². The average molecular weight is 790 g/mol. The molecule has 0 N–H and O–H groups in total. The van der Waals surface area contributed by atoms with Gasteiger partial charge in [-0.3, -0.25) is 0 Å². The van der Waals surface area contributed by atoms with Crippen molar-refractivity contribution in [2.75, 3.05) is 0 Å². The van der Waals surface area contributed by atoms with Gasteiger partial charge in [0.15, 0.2) is 17.5 Å². The standard InChI is InChI=1S/C58H35N3O/c1-3-14-36(15-4-1)37-26-28-39(29-27-37)56-59-55(38-16-5-2-6-17-38)60-57(61-56)46-21-13-25-53-54(46)47-34-40(31-33-52(47)62-53)41-30-32-45-44-20-9-12-24-50(44)58(51(45)35-41)48-22-10-7-18-42(48)43-19-8-11-23-49(43)58/h1-35H. The predicted molar refractivity (Wildman–Crippen MR) is 251 cm³/mol. The minimum absolute atomic E-state index is 0.413. The second-order valence-electron chi connectivity index (χ2n) is 16.3. The molecule has 0 atom stereocenters. The van der Waals surface area contributed by atoms with E-state index in [2.05, 4.69) is 164 Å². The maximum Gasteiger partial charge on any atom is 0.164 e. The van der Waals surface area contributed by atoms with Crippen LogP contribution in [0, 0.1) is 0 Å². The number of furan rings is 1. The Bertz CT molecular complexity index is 3510. The van der Waals surface area contributed by atoms with E-state index in [1.807, 2.05) is 48.5 Å². The Morgan fingerprint density at radius 3 is 1.39 bits per heavy atom. The topological polar surface area (TPSA) is 51.8 Å². The zero-order chi connectivity index (χ0) is 40.8. The zero-order valence-corrected chi connectivity index (χ0v) is 33.5. The first-order chi connectivity index (χ1) is 30.7. The van der Waals surface area contributed by atoms with Crippen molar-refractivity contribution in [2.45, 2.75) is 5.41 Å². The van der Waals surface area contributed by atoms with Gasteiger partial charge >= 0.3 is 0 Å². The monoisotopic (exact) mass is 789 g/mol. The van der Waals surface area contributed by atoms with Crippen LogP contribution in [0.4, 0.5) is 0 Å². The highest BCUT2D eigenvalue weighted by molar-refractivity contribution is 6.13. The highest BCUT2D eigenvalue weighted by Gasteiger charge is 2.51. The van der Waals surface area contributed by atoms with Gasteiger partial charge in [-0.2, -0.15) is 0 Å². The van der Waals surface area contributed by atoms with E-state index in [0.29, 0.717) is 17.5 Å². The fraction of sp³-hybridized carbons (Fsp3) is 0.0172. The summed E-state index contributed by atoms with van der Waals surface area (Å²) in [6, 6.07) is 75.6. The minimum atomic E-state index is -0.413. The van der Waals surface area contributed by atoms with E-state index in [-0.39, 0.29) is 0 Å². The summed E-state index contributed by atoms with van der Waals surface area (Å²) in [4.78, 5) is 15.4. The van der Waals surface area contributed by atoms with E-state index in [1.54, 1.807) is 0 Å². The molecule has 2 aliphatic carbocycles. The Kier molecular flexibility index (Phi) is 7.49. The van der Waals surface area contributed by atoms with Crippen LogP contribution in [0.3, 0.4) is 0 Å². The van der Waals surface area contributed by atoms with E-state index in [0.717, 1.165) is 60.9 Å². The second kappa shape index (κ2) is 13.4. The molecule has 4 heteroatoms. The SMILES string of the molecule is c1ccc(-c2ccc(-c3nc(-c4ccccc4)nc(-c4cccc5oc6ccc(-c7ccc8c(c7)C7(c9ccccc9-c9ccccc97)c7ccccc7-8)cc6c45)n3)cc2)cc1. The largest absolute Gasteiger partial charge is 0.456 e. The molecular weight excluding hydrogens is 755 g/mol. The third-order valence-electron chi connectivity index (χ3n) is 13.0. The first-order valence-electron chi connectivity index (χ1n) is 21.1. The van der Waals surface area contributed by atoms with Crippen LogP contribution in [0.5, 0.6) is 0 Å². The quantitative estimate of drug-likeness (QED) is 0.174. The van der Waals surface area contributed by atoms with Crippen LogP contribution >= 0.6 is 0 Å². The summed E-state index contributed by atoms with van der Waals surface area (Å²) in [7, 11) is 0. The lowest BCUT2D eigenvalue weighted by atomic mass is 9.70. The van der Waals surface area contributed by atoms with Crippen LogP contribution in [0.25, 0.3) is 101 Å². The highest BCUT2D eigenvalue weighted by atomic mass is 16.3. The van der Waals surface area contributed by atoms with Crippen LogP contribution in [-0.2, 0) is 5.41 Å². The third-order valence-corrected chi connectivity index (χ3v) is 13.0. The van der Waals surface area contributed by atoms with Gasteiger partial charge in [0, 0.05) is 27.5 Å². The smallest absolute Gasteiger partial charge is 0.164 e. The highest BCUT2D eigenvalue weighted by Crippen LogP contribution is 2.63. The lowest BCUT2D eigenvalue weighted by Crippen LogP contribution is -2.25. The molecule has 0 fully saturated rings. The maximum atomic E-state index is 6.59. The van der Waals surface area contributed by atoms with Crippen LogP contribution in [0.15, 0.2) is 217 Å². The van der Waals surface area contributed by atoms with Crippen LogP contribution in [0.1, 0.15) is 22.3 Å². The van der Waals surface area contributed by atoms with Gasteiger partial charge in [-0.15, -0.1) is 0 Å². The van der Waals surface area contributed by atoms with Gasteiger partial charge in [0.1, 0.15) is 11.2 Å². The molecule has 0 bridgehead atoms. The van der Waals surface area contributed by atoms with Crippen molar-refractivity contribution < 1.29 is 4.42 Å². The molecule has 62 heavy (non-hydrogen) atoms. The predicted octanol–water partition coefficient (Wildman–Crippen LogP) is 14.4. The fourth-order valence-electron chi connectivity index (χ4n) is 10.3. The van der Waals surface area contributed by atoms with Crippen molar-refractivity contribution in [1.29, 1.82) is 0 Å². The molecule has 0 saturated heterocycles. The normalized spacial score (nSPS) is 13.0. The molecule has 288 valence electrons. The molecule has 11 aromatic rings. The molecule has 9 aromatic carbocycles. The summed E-state index contributed by atoms with van der Waals surface area (Å²) in [6.07, 6.45) is 0. The number of aromatic nitrogens is 3. The van der Waals surface area contributed by atoms with E-state index in [4.69, 9.17) is 19.4 Å². The molecular formula is C58H35N3O. The molecule has 0 saturated carbocycles. The molecule has 0 amide bonds. The average Bonchev–Trinajstić information content (AvgIpc) is 3.98. The first-order valence-corrected chi connectivity index (χ1v) is 21.1. The lowest BCUT2D eigenvalue weighted by molar-refractivity contribution is 0.669. The van der Waals surface area contributed by atoms with E-state index in [9.17, 15) is 0 Å². The van der Waals surface area contributed by atoms with E-state index in [1.165, 1.54) is 44.5 Å². The fourth-order valence-corrected chi connectivity index (χ4v) is 10.3. The summed E-state index contributed by atoms with van der Waals surface area (Å²) in [6.45, 7) is 0. The molecule has 1 spiro atoms. The summed E-state index contributed by atoms with van der Waals surface area (Å²) in [5.41, 5.74) is 19.0. The van der Waals surface area contributed by atoms with Crippen molar-refractivity contribution in [3.05, 3.63) is 235 Å². The van der Waals surface area contributed by atoms with Gasteiger partial charge in [-0.1, -0.05) is 188 Å².